The Hall–Kier alpha value is -2.82. The molecule has 148 valence electrons. The van der Waals surface area contributed by atoms with Gasteiger partial charge in [0.1, 0.15) is 12.3 Å². The third-order valence-electron chi connectivity index (χ3n) is 4.74. The highest BCUT2D eigenvalue weighted by Gasteiger charge is 2.21. The van der Waals surface area contributed by atoms with Crippen molar-refractivity contribution in [2.75, 3.05) is 13.1 Å². The number of rotatable bonds is 9. The number of imidazole rings is 1. The predicted molar refractivity (Wildman–Crippen MR) is 112 cm³/mol. The van der Waals surface area contributed by atoms with Crippen LogP contribution in [0.25, 0.3) is 11.0 Å². The summed E-state index contributed by atoms with van der Waals surface area (Å²) in [4.78, 5) is 19.7. The maximum atomic E-state index is 13.0. The van der Waals surface area contributed by atoms with Crippen LogP contribution in [0.15, 0.2) is 54.6 Å². The molecule has 5 heteroatoms. The van der Waals surface area contributed by atoms with Gasteiger partial charge in [0.25, 0.3) is 0 Å². The predicted octanol–water partition coefficient (Wildman–Crippen LogP) is 4.82. The molecule has 0 aliphatic carbocycles. The van der Waals surface area contributed by atoms with Crippen LogP contribution in [-0.4, -0.2) is 33.4 Å². The molecule has 1 heterocycles. The Labute approximate surface area is 166 Å². The third-order valence-corrected chi connectivity index (χ3v) is 4.74. The highest BCUT2D eigenvalue weighted by atomic mass is 16.5. The minimum atomic E-state index is -0.270. The monoisotopic (exact) mass is 379 g/mol. The summed E-state index contributed by atoms with van der Waals surface area (Å²) in [5, 5.41) is 0. The Kier molecular flexibility index (Phi) is 6.69. The number of hydrogen-bond acceptors (Lipinski definition) is 3. The largest absolute Gasteiger partial charge is 0.483 e. The number of para-hydroxylation sites is 3. The zero-order chi connectivity index (χ0) is 19.9. The van der Waals surface area contributed by atoms with Crippen LogP contribution in [-0.2, 0) is 11.3 Å². The third kappa shape index (κ3) is 4.53. The molecule has 0 radical (unpaired) electrons. The Morgan fingerprint density at radius 2 is 1.68 bits per heavy atom. The first-order valence-electron chi connectivity index (χ1n) is 10.1. The molecule has 0 bridgehead atoms. The van der Waals surface area contributed by atoms with E-state index >= 15 is 0 Å². The minimum absolute atomic E-state index is 0.125. The summed E-state index contributed by atoms with van der Waals surface area (Å²) >= 11 is 0. The first kappa shape index (κ1) is 19.9. The molecular formula is C23H29N3O2. The van der Waals surface area contributed by atoms with Gasteiger partial charge >= 0.3 is 0 Å². The van der Waals surface area contributed by atoms with Gasteiger partial charge in [0.2, 0.25) is 5.91 Å². The van der Waals surface area contributed by atoms with Crippen molar-refractivity contribution in [1.29, 1.82) is 0 Å². The zero-order valence-corrected chi connectivity index (χ0v) is 17.0. The summed E-state index contributed by atoms with van der Waals surface area (Å²) in [6, 6.07) is 17.6. The molecular weight excluding hydrogens is 350 g/mol. The second kappa shape index (κ2) is 9.40. The van der Waals surface area contributed by atoms with Gasteiger partial charge in [-0.1, -0.05) is 44.2 Å². The van der Waals surface area contributed by atoms with Crippen molar-refractivity contribution in [3.8, 4) is 5.75 Å². The quantitative estimate of drug-likeness (QED) is 0.535. The van der Waals surface area contributed by atoms with Crippen LogP contribution in [0.1, 0.15) is 45.5 Å². The van der Waals surface area contributed by atoms with Crippen LogP contribution in [0, 0.1) is 0 Å². The SMILES string of the molecule is CCCN(CCC)C(=O)Cn1c(C(C)Oc2ccccc2)nc2ccccc21. The second-order valence-corrected chi connectivity index (χ2v) is 7.00. The lowest BCUT2D eigenvalue weighted by atomic mass is 10.3. The molecule has 1 atom stereocenters. The van der Waals surface area contributed by atoms with Crippen LogP contribution in [0.2, 0.25) is 0 Å². The van der Waals surface area contributed by atoms with Gasteiger partial charge in [0.15, 0.2) is 11.9 Å². The number of carbonyl (C=O) groups excluding carboxylic acids is 1. The number of fused-ring (bicyclic) bond motifs is 1. The normalized spacial score (nSPS) is 12.1. The fourth-order valence-corrected chi connectivity index (χ4v) is 3.46. The van der Waals surface area contributed by atoms with Crippen molar-refractivity contribution in [2.24, 2.45) is 0 Å². The average molecular weight is 380 g/mol. The van der Waals surface area contributed by atoms with E-state index in [1.165, 1.54) is 0 Å². The molecule has 1 amide bonds. The molecule has 28 heavy (non-hydrogen) atoms. The summed E-state index contributed by atoms with van der Waals surface area (Å²) in [7, 11) is 0. The van der Waals surface area contributed by atoms with Gasteiger partial charge in [-0.25, -0.2) is 4.98 Å². The zero-order valence-electron chi connectivity index (χ0n) is 17.0. The summed E-state index contributed by atoms with van der Waals surface area (Å²) in [5.41, 5.74) is 1.84. The van der Waals surface area contributed by atoms with Crippen LogP contribution < -0.4 is 4.74 Å². The van der Waals surface area contributed by atoms with Crippen molar-refractivity contribution < 1.29 is 9.53 Å². The molecule has 1 unspecified atom stereocenters. The molecule has 0 saturated carbocycles. The van der Waals surface area contributed by atoms with Crippen molar-refractivity contribution in [3.63, 3.8) is 0 Å². The topological polar surface area (TPSA) is 47.4 Å². The summed E-state index contributed by atoms with van der Waals surface area (Å²) in [6.07, 6.45) is 1.64. The highest BCUT2D eigenvalue weighted by Crippen LogP contribution is 2.25. The lowest BCUT2D eigenvalue weighted by Crippen LogP contribution is -2.35. The first-order valence-corrected chi connectivity index (χ1v) is 10.1. The van der Waals surface area contributed by atoms with Crippen LogP contribution in [0.5, 0.6) is 5.75 Å². The number of ether oxygens (including phenoxy) is 1. The van der Waals surface area contributed by atoms with Gasteiger partial charge in [0.05, 0.1) is 11.0 Å². The first-order chi connectivity index (χ1) is 13.6. The summed E-state index contributed by atoms with van der Waals surface area (Å²) < 4.78 is 8.10. The molecule has 0 fully saturated rings. The second-order valence-electron chi connectivity index (χ2n) is 7.00. The fraction of sp³-hybridized carbons (Fsp3) is 0.391. The molecule has 1 aromatic heterocycles. The lowest BCUT2D eigenvalue weighted by Gasteiger charge is -2.23. The highest BCUT2D eigenvalue weighted by molar-refractivity contribution is 5.81. The van der Waals surface area contributed by atoms with Crippen molar-refractivity contribution in [2.45, 2.75) is 46.3 Å². The Balaban J connectivity index is 1.91. The van der Waals surface area contributed by atoms with E-state index in [-0.39, 0.29) is 18.6 Å². The van der Waals surface area contributed by atoms with E-state index in [2.05, 4.69) is 13.8 Å². The van der Waals surface area contributed by atoms with E-state index in [9.17, 15) is 4.79 Å². The molecule has 3 aromatic rings. The molecule has 3 rings (SSSR count). The molecule has 5 nitrogen and oxygen atoms in total. The van der Waals surface area contributed by atoms with Gasteiger partial charge in [-0.15, -0.1) is 0 Å². The van der Waals surface area contributed by atoms with Crippen LogP contribution >= 0.6 is 0 Å². The maximum Gasteiger partial charge on any atom is 0.242 e. The number of benzene rings is 2. The Bertz CT molecular complexity index is 899. The maximum absolute atomic E-state index is 13.0. The molecule has 0 spiro atoms. The molecule has 0 N–H and O–H groups in total. The van der Waals surface area contributed by atoms with Gasteiger partial charge in [-0.2, -0.15) is 0 Å². The van der Waals surface area contributed by atoms with Gasteiger partial charge in [0, 0.05) is 13.1 Å². The van der Waals surface area contributed by atoms with Crippen molar-refractivity contribution >= 4 is 16.9 Å². The van der Waals surface area contributed by atoms with Gasteiger partial charge < -0.3 is 14.2 Å². The van der Waals surface area contributed by atoms with E-state index in [1.54, 1.807) is 0 Å². The lowest BCUT2D eigenvalue weighted by molar-refractivity contribution is -0.131. The van der Waals surface area contributed by atoms with E-state index in [0.717, 1.165) is 48.5 Å². The molecule has 0 saturated heterocycles. The molecule has 0 aliphatic rings. The van der Waals surface area contributed by atoms with Crippen LogP contribution in [0.3, 0.4) is 0 Å². The minimum Gasteiger partial charge on any atom is -0.483 e. The molecule has 0 aliphatic heterocycles. The van der Waals surface area contributed by atoms with E-state index in [0.29, 0.717) is 0 Å². The smallest absolute Gasteiger partial charge is 0.242 e. The van der Waals surface area contributed by atoms with Gasteiger partial charge in [-0.3, -0.25) is 4.79 Å². The Morgan fingerprint density at radius 1 is 1.04 bits per heavy atom. The average Bonchev–Trinajstić information content (AvgIpc) is 3.07. The summed E-state index contributed by atoms with van der Waals surface area (Å²) in [5.74, 6) is 1.69. The molecule has 2 aromatic carbocycles. The Morgan fingerprint density at radius 3 is 2.36 bits per heavy atom. The standard InChI is InChI=1S/C23H29N3O2/c1-4-15-25(16-5-2)22(27)17-26-21-14-10-9-13-20(21)24-23(26)18(3)28-19-11-7-6-8-12-19/h6-14,18H,4-5,15-17H2,1-3H3. The number of hydrogen-bond donors (Lipinski definition) is 0. The van der Waals surface area contributed by atoms with E-state index in [4.69, 9.17) is 9.72 Å². The summed E-state index contributed by atoms with van der Waals surface area (Å²) in [6.45, 7) is 8.02. The van der Waals surface area contributed by atoms with E-state index in [1.807, 2.05) is 71.0 Å². The van der Waals surface area contributed by atoms with E-state index < -0.39 is 0 Å². The van der Waals surface area contributed by atoms with Crippen molar-refractivity contribution in [3.05, 3.63) is 60.4 Å². The van der Waals surface area contributed by atoms with Crippen LogP contribution in [0.4, 0.5) is 0 Å². The number of nitrogens with zero attached hydrogens (tertiary/aromatic N) is 3. The number of amides is 1. The fourth-order valence-electron chi connectivity index (χ4n) is 3.46. The number of aromatic nitrogens is 2. The number of carbonyl (C=O) groups is 1. The van der Waals surface area contributed by atoms with Crippen molar-refractivity contribution in [1.82, 2.24) is 14.5 Å². The van der Waals surface area contributed by atoms with Gasteiger partial charge in [-0.05, 0) is 44.0 Å².